The van der Waals surface area contributed by atoms with Gasteiger partial charge in [0.05, 0.1) is 62.1 Å². The number of piperidine rings is 3. The first kappa shape index (κ1) is 112. The lowest BCUT2D eigenvalue weighted by molar-refractivity contribution is -0.142. The molecule has 34 nitrogen and oxygen atoms in total. The highest BCUT2D eigenvalue weighted by Gasteiger charge is 2.52. The number of aliphatic hydroxyl groups is 3. The molecule has 0 bridgehead atoms. The topological polar surface area (TPSA) is 453 Å². The summed E-state index contributed by atoms with van der Waals surface area (Å²) < 4.78 is 27.9. The molecule has 14 rings (SSSR count). The number of ketones is 3. The first-order valence-electron chi connectivity index (χ1n) is 47.2. The van der Waals surface area contributed by atoms with E-state index < -0.39 is 86.3 Å². The fraction of sp³-hybridized carbons (Fsp3) is 0.452. The molecule has 0 radical (unpaired) electrons. The summed E-state index contributed by atoms with van der Waals surface area (Å²) in [6.45, 7) is 35.7. The maximum atomic E-state index is 13.3. The van der Waals surface area contributed by atoms with Crippen LogP contribution in [-0.4, -0.2) is 228 Å². The third kappa shape index (κ3) is 27.7. The van der Waals surface area contributed by atoms with Gasteiger partial charge in [-0.25, -0.2) is 39.3 Å². The first-order chi connectivity index (χ1) is 67.6. The molecule has 0 saturated carbocycles. The number of Topliss-reactive ketones (excluding diaryl/α,β-unsaturated/α-hetero) is 3. The van der Waals surface area contributed by atoms with Crippen LogP contribution >= 0.6 is 70.1 Å². The Hall–Kier alpha value is -12.1. The van der Waals surface area contributed by atoms with E-state index in [0.717, 1.165) is 80.7 Å². The van der Waals surface area contributed by atoms with E-state index in [2.05, 4.69) is 55.9 Å². The number of rotatable bonds is 28. The van der Waals surface area contributed by atoms with Crippen LogP contribution in [0.15, 0.2) is 202 Å². The number of nitrogens with two attached hydrogens (primary N) is 2. The SMILES string of the molecule is CC1(CNC(=O)OC(C)(C)C)CCN(c2ncc(Sc3cccc(N)c3Cl)nc2OCc2ccccc2)CC1.CCOC(=O)C(O)=C1C(=O)N(C)C(C)(C)C1=O.CN1C(=O)C(C(=O)Cc2cccc(Sc3cnc(N4CCC(C)(CN)CC4)c(=O)[nH]3)c2Cl)=C(O)C1(C)C.CN1C(=O)C(C(=O)Cc2cccc(Sc3cnc(N4CCC(C)(CNC(=O)OC(C)(C)C)CC4)c(OCc4ccccc4)n3)c2Cl)=C(O)C1(C)C. The monoisotopic (exact) mass is 2090 g/mol. The van der Waals surface area contributed by atoms with Crippen LogP contribution in [0.1, 0.15) is 172 Å². The van der Waals surface area contributed by atoms with E-state index in [1.165, 1.54) is 57.0 Å². The first-order valence-corrected chi connectivity index (χ1v) is 50.8. The number of esters is 1. The van der Waals surface area contributed by atoms with E-state index in [-0.39, 0.29) is 70.0 Å². The van der Waals surface area contributed by atoms with Gasteiger partial charge in [0.2, 0.25) is 5.76 Å². The summed E-state index contributed by atoms with van der Waals surface area (Å²) in [5, 5.41) is 39.6. The zero-order chi connectivity index (χ0) is 106. The molecule has 6 aliphatic heterocycles. The van der Waals surface area contributed by atoms with Gasteiger partial charge in [0, 0.05) is 101 Å². The second kappa shape index (κ2) is 46.9. The van der Waals surface area contributed by atoms with E-state index in [9.17, 15) is 63.3 Å². The van der Waals surface area contributed by atoms with Gasteiger partial charge >= 0.3 is 18.2 Å². The standard InChI is InChI=1S/C38H46ClN5O6S.C29H36ClN5O3S.C26H32ClN5O4S.C11H15NO5/c1-36(2,3)50-35(48)41-23-38(6)16-18-44(19-17-38)32-33(49-22-24-12-9-8-10-13-24)42-28(21-40-32)51-27-15-11-14-25(30(27)39)20-26(45)29-31(46)37(4,5)43(7)34(29)47;1-28(2,3)38-27(36)33-19-29(4)13-15-35(16-14-29)25-26(37-18-20-9-6-5-7-10-20)34-23(17-32-25)39-22-12-8-11-21(31)24(22)30;1-25(2)21(34)19(24(36)31(25)4)16(33)12-15-6-5-7-17(20(15)27)37-18-13-29-22(23(35)30-18)32-10-8-26(3,14-28)9-11-32;1-5-17-10(16)7(13)6-8(14)11(2,3)12(4)9(6)15/h8-15,21,46H,16-20,22-23H2,1-7H3,(H,41,48);5-12,17H,13-16,18-19,31H2,1-4H3,(H,33,36);5-7,13,34H,8-12,14,28H2,1-4H3,(H,30,35);13H,5H2,1-4H3. The minimum atomic E-state index is -1.06. The fourth-order valence-corrected chi connectivity index (χ4v) is 19.4. The number of alkyl carbamates (subject to hydrolysis) is 2. The number of H-pyrrole nitrogens is 1. The Kier molecular flexibility index (Phi) is 36.6. The van der Waals surface area contributed by atoms with Gasteiger partial charge in [-0.2, -0.15) is 0 Å². The third-order valence-corrected chi connectivity index (χ3v) is 30.8. The Morgan fingerprint density at radius 1 is 0.493 bits per heavy atom. The fourth-order valence-electron chi connectivity index (χ4n) is 16.0. The van der Waals surface area contributed by atoms with Gasteiger partial charge in [-0.1, -0.05) is 182 Å². The predicted octanol–water partition coefficient (Wildman–Crippen LogP) is 17.2. The van der Waals surface area contributed by atoms with Crippen LogP contribution in [0.2, 0.25) is 15.1 Å². The molecule has 8 aromatic rings. The molecule has 6 aliphatic rings. The number of carbonyl (C=O) groups is 9. The zero-order valence-corrected chi connectivity index (χ0v) is 89.5. The second-order valence-electron chi connectivity index (χ2n) is 40.5. The molecule has 9 heterocycles. The van der Waals surface area contributed by atoms with Crippen molar-refractivity contribution in [3.05, 3.63) is 216 Å². The van der Waals surface area contributed by atoms with Crippen molar-refractivity contribution in [2.45, 2.75) is 233 Å². The van der Waals surface area contributed by atoms with Crippen LogP contribution in [-0.2, 0) is 73.8 Å². The van der Waals surface area contributed by atoms with Gasteiger partial charge < -0.3 is 95.5 Å². The number of anilines is 4. The number of hydrogen-bond donors (Lipinski definition) is 8. The molecule has 5 aromatic carbocycles. The number of amides is 5. The molecule has 0 atom stereocenters. The van der Waals surface area contributed by atoms with Gasteiger partial charge in [-0.3, -0.25) is 33.6 Å². The molecule has 144 heavy (non-hydrogen) atoms. The molecule has 4 fully saturated rings. The maximum absolute atomic E-state index is 13.3. The molecule has 0 spiro atoms. The van der Waals surface area contributed by atoms with Crippen molar-refractivity contribution in [3.8, 4) is 11.8 Å². The number of likely N-dealkylation sites (N-methyl/N-ethyl adjacent to an activating group) is 3. The largest absolute Gasteiger partial charge is 0.509 e. The highest BCUT2D eigenvalue weighted by atomic mass is 35.5. The average Bonchev–Trinajstić information content (AvgIpc) is 1.61. The van der Waals surface area contributed by atoms with Crippen LogP contribution in [0.3, 0.4) is 0 Å². The molecule has 10 N–H and O–H groups in total. The number of nitrogens with zero attached hydrogens (tertiary/aromatic N) is 11. The van der Waals surface area contributed by atoms with E-state index in [0.29, 0.717) is 132 Å². The summed E-state index contributed by atoms with van der Waals surface area (Å²) in [5.41, 5.74) is 10.1. The van der Waals surface area contributed by atoms with Crippen molar-refractivity contribution in [2.75, 3.05) is 107 Å². The Labute approximate surface area is 867 Å². The Balaban J connectivity index is 0.000000192. The smallest absolute Gasteiger partial charge is 0.407 e. The lowest BCUT2D eigenvalue weighted by Crippen LogP contribution is -2.46. The van der Waals surface area contributed by atoms with Gasteiger partial charge in [0.15, 0.2) is 34.8 Å². The Morgan fingerprint density at radius 3 is 1.24 bits per heavy atom. The minimum Gasteiger partial charge on any atom is -0.509 e. The number of aromatic nitrogens is 6. The normalized spacial score (nSPS) is 17.6. The van der Waals surface area contributed by atoms with Gasteiger partial charge in [0.1, 0.15) is 68.2 Å². The number of benzene rings is 5. The lowest BCUT2D eigenvalue weighted by Gasteiger charge is -2.40. The molecule has 0 aliphatic carbocycles. The molecule has 772 valence electrons. The number of likely N-dealkylation sites (tertiary alicyclic amines) is 1. The molecule has 40 heteroatoms. The van der Waals surface area contributed by atoms with Crippen molar-refractivity contribution in [2.24, 2.45) is 22.0 Å². The summed E-state index contributed by atoms with van der Waals surface area (Å²) in [7, 11) is 4.54. The molecule has 3 aromatic heterocycles. The highest BCUT2D eigenvalue weighted by Crippen LogP contribution is 2.45. The van der Waals surface area contributed by atoms with Crippen LogP contribution in [0.25, 0.3) is 0 Å². The third-order valence-electron chi connectivity index (χ3n) is 26.2. The molecule has 5 amide bonds. The van der Waals surface area contributed by atoms with Crippen molar-refractivity contribution < 1.29 is 82.2 Å². The van der Waals surface area contributed by atoms with Gasteiger partial charge in [0.25, 0.3) is 35.0 Å². The van der Waals surface area contributed by atoms with E-state index in [1.54, 1.807) is 118 Å². The van der Waals surface area contributed by atoms with E-state index in [1.807, 2.05) is 125 Å². The van der Waals surface area contributed by atoms with Crippen molar-refractivity contribution >= 4 is 146 Å². The number of aromatic amines is 1. The Bertz CT molecular complexity index is 6270. The van der Waals surface area contributed by atoms with Gasteiger partial charge in [-0.05, 0) is 198 Å². The number of aliphatic hydroxyl groups excluding tert-OH is 3. The molecule has 0 unspecified atom stereocenters. The number of ether oxygens (including phenoxy) is 5. The number of nitrogens with one attached hydrogen (secondary N) is 3. The number of halogens is 3. The minimum absolute atomic E-state index is 0.0499. The summed E-state index contributed by atoms with van der Waals surface area (Å²) in [5.74, 6) is -3.18. The summed E-state index contributed by atoms with van der Waals surface area (Å²) >= 11 is 23.8. The molecule has 4 saturated heterocycles. The Morgan fingerprint density at radius 2 is 0.868 bits per heavy atom. The summed E-state index contributed by atoms with van der Waals surface area (Å²) in [4.78, 5) is 163. The maximum Gasteiger partial charge on any atom is 0.407 e. The van der Waals surface area contributed by atoms with Gasteiger partial charge in [-0.15, -0.1) is 0 Å². The summed E-state index contributed by atoms with van der Waals surface area (Å²) in [6, 6.07) is 35.9. The van der Waals surface area contributed by atoms with Crippen LogP contribution in [0.4, 0.5) is 32.7 Å². The second-order valence-corrected chi connectivity index (χ2v) is 44.9. The average molecular weight is 2090 g/mol. The van der Waals surface area contributed by atoms with Crippen molar-refractivity contribution in [1.29, 1.82) is 0 Å². The lowest BCUT2D eigenvalue weighted by atomic mass is 9.80. The number of carbonyl (C=O) groups excluding carboxylic acids is 9. The quantitative estimate of drug-likeness (QED) is 0.00564. The molecular formula is C104H129Cl3N16O18S3. The van der Waals surface area contributed by atoms with Crippen LogP contribution in [0.5, 0.6) is 11.8 Å². The van der Waals surface area contributed by atoms with Crippen molar-refractivity contribution in [1.82, 2.24) is 55.2 Å². The van der Waals surface area contributed by atoms with Crippen LogP contribution in [0, 0.1) is 16.2 Å². The highest BCUT2D eigenvalue weighted by molar-refractivity contribution is 8.00. The summed E-state index contributed by atoms with van der Waals surface area (Å²) in [6.07, 6.45) is 9.09. The number of nitrogen functional groups attached to an aromatic ring is 1. The van der Waals surface area contributed by atoms with E-state index >= 15 is 0 Å². The number of hydrogen-bond acceptors (Lipinski definition) is 31. The van der Waals surface area contributed by atoms with E-state index in [4.69, 9.17) is 85.2 Å². The van der Waals surface area contributed by atoms with Crippen LogP contribution < -0.4 is 51.8 Å². The predicted molar refractivity (Wildman–Crippen MR) is 556 cm³/mol. The molecular weight excluding hydrogens is 1960 g/mol. The zero-order valence-electron chi connectivity index (χ0n) is 84.7. The van der Waals surface area contributed by atoms with Crippen molar-refractivity contribution in [3.63, 3.8) is 0 Å².